The van der Waals surface area contributed by atoms with Gasteiger partial charge < -0.3 is 0 Å². The lowest BCUT2D eigenvalue weighted by Crippen LogP contribution is -1.94. The first-order valence-electron chi connectivity index (χ1n) is 3.70. The fraction of sp³-hybridized carbons (Fsp3) is 0.444. The van der Waals surface area contributed by atoms with Gasteiger partial charge in [0.2, 0.25) is 0 Å². The van der Waals surface area contributed by atoms with E-state index in [1.54, 1.807) is 12.2 Å². The number of hydrogen-bond donors (Lipinski definition) is 0. The zero-order valence-electron chi connectivity index (χ0n) is 6.26. The Morgan fingerprint density at radius 3 is 3.00 bits per heavy atom. The Kier molecular flexibility index (Phi) is 2.43. The summed E-state index contributed by atoms with van der Waals surface area (Å²) in [6.07, 6.45) is 8.68. The molecule has 0 aliphatic heterocycles. The van der Waals surface area contributed by atoms with E-state index in [1.807, 2.05) is 13.0 Å². The maximum Gasteiger partial charge on any atom is 0.181 e. The SMILES string of the molecule is C/C=C\C(=O)C1=CCCC1. The molecule has 0 amide bonds. The molecule has 0 bridgehead atoms. The normalized spacial score (nSPS) is 17.9. The fourth-order valence-electron chi connectivity index (χ4n) is 1.15. The van der Waals surface area contributed by atoms with Crippen LogP contribution in [0.3, 0.4) is 0 Å². The van der Waals surface area contributed by atoms with Gasteiger partial charge in [-0.05, 0) is 37.8 Å². The van der Waals surface area contributed by atoms with Crippen molar-refractivity contribution in [2.75, 3.05) is 0 Å². The average molecular weight is 136 g/mol. The summed E-state index contributed by atoms with van der Waals surface area (Å²) in [5.74, 6) is 0.194. The smallest absolute Gasteiger partial charge is 0.181 e. The molecule has 0 saturated heterocycles. The summed E-state index contributed by atoms with van der Waals surface area (Å²) >= 11 is 0. The number of rotatable bonds is 2. The molecule has 1 nitrogen and oxygen atoms in total. The number of allylic oxidation sites excluding steroid dienone is 4. The third-order valence-electron chi connectivity index (χ3n) is 1.68. The van der Waals surface area contributed by atoms with E-state index in [0.717, 1.165) is 24.8 Å². The Balaban J connectivity index is 2.56. The van der Waals surface area contributed by atoms with Gasteiger partial charge in [0.15, 0.2) is 5.78 Å². The molecule has 0 saturated carbocycles. The summed E-state index contributed by atoms with van der Waals surface area (Å²) in [6, 6.07) is 0. The highest BCUT2D eigenvalue weighted by Gasteiger charge is 2.09. The Hall–Kier alpha value is -0.850. The highest BCUT2D eigenvalue weighted by atomic mass is 16.1. The Labute approximate surface area is 61.4 Å². The van der Waals surface area contributed by atoms with E-state index in [9.17, 15) is 4.79 Å². The molecule has 1 aliphatic carbocycles. The minimum Gasteiger partial charge on any atom is -0.290 e. The van der Waals surface area contributed by atoms with Crippen molar-refractivity contribution >= 4 is 5.78 Å². The molecule has 0 aromatic rings. The lowest BCUT2D eigenvalue weighted by Gasteiger charge is -1.91. The molecule has 0 heterocycles. The van der Waals surface area contributed by atoms with Gasteiger partial charge in [0.1, 0.15) is 0 Å². The number of carbonyl (C=O) groups is 1. The monoisotopic (exact) mass is 136 g/mol. The van der Waals surface area contributed by atoms with Crippen LogP contribution in [0.4, 0.5) is 0 Å². The van der Waals surface area contributed by atoms with Gasteiger partial charge in [-0.2, -0.15) is 0 Å². The molecular formula is C9H12O. The zero-order valence-corrected chi connectivity index (χ0v) is 6.26. The summed E-state index contributed by atoms with van der Waals surface area (Å²) in [4.78, 5) is 11.1. The quantitative estimate of drug-likeness (QED) is 0.532. The average Bonchev–Trinajstić information content (AvgIpc) is 2.38. The lowest BCUT2D eigenvalue weighted by molar-refractivity contribution is -0.111. The summed E-state index contributed by atoms with van der Waals surface area (Å²) in [6.45, 7) is 1.87. The highest BCUT2D eigenvalue weighted by Crippen LogP contribution is 2.18. The largest absolute Gasteiger partial charge is 0.290 e. The minimum atomic E-state index is 0.194. The van der Waals surface area contributed by atoms with Crippen LogP contribution in [0.5, 0.6) is 0 Å². The van der Waals surface area contributed by atoms with Crippen LogP contribution in [0.2, 0.25) is 0 Å². The third kappa shape index (κ3) is 1.56. The van der Waals surface area contributed by atoms with Gasteiger partial charge in [-0.15, -0.1) is 0 Å². The molecule has 0 fully saturated rings. The van der Waals surface area contributed by atoms with Crippen molar-refractivity contribution in [3.05, 3.63) is 23.8 Å². The van der Waals surface area contributed by atoms with Crippen LogP contribution < -0.4 is 0 Å². The summed E-state index contributed by atoms with van der Waals surface area (Å²) in [7, 11) is 0. The predicted octanol–water partition coefficient (Wildman–Crippen LogP) is 2.24. The van der Waals surface area contributed by atoms with Crippen LogP contribution in [0.1, 0.15) is 26.2 Å². The molecule has 10 heavy (non-hydrogen) atoms. The number of carbonyl (C=O) groups excluding carboxylic acids is 1. The van der Waals surface area contributed by atoms with E-state index < -0.39 is 0 Å². The van der Waals surface area contributed by atoms with Gasteiger partial charge in [0.05, 0.1) is 0 Å². The molecule has 0 spiro atoms. The topological polar surface area (TPSA) is 17.1 Å². The number of hydrogen-bond acceptors (Lipinski definition) is 1. The predicted molar refractivity (Wildman–Crippen MR) is 41.8 cm³/mol. The second-order valence-corrected chi connectivity index (χ2v) is 2.49. The number of ketones is 1. The molecule has 0 unspecified atom stereocenters. The van der Waals surface area contributed by atoms with Gasteiger partial charge in [-0.1, -0.05) is 12.2 Å². The van der Waals surface area contributed by atoms with Crippen molar-refractivity contribution in [2.45, 2.75) is 26.2 Å². The molecule has 0 atom stereocenters. The maximum atomic E-state index is 11.1. The van der Waals surface area contributed by atoms with Gasteiger partial charge >= 0.3 is 0 Å². The summed E-state index contributed by atoms with van der Waals surface area (Å²) in [5.41, 5.74) is 0.998. The van der Waals surface area contributed by atoms with E-state index in [1.165, 1.54) is 0 Å². The first-order valence-corrected chi connectivity index (χ1v) is 3.70. The van der Waals surface area contributed by atoms with Crippen LogP contribution in [-0.4, -0.2) is 5.78 Å². The van der Waals surface area contributed by atoms with E-state index in [-0.39, 0.29) is 5.78 Å². The molecule has 0 aromatic carbocycles. The third-order valence-corrected chi connectivity index (χ3v) is 1.68. The summed E-state index contributed by atoms with van der Waals surface area (Å²) in [5, 5.41) is 0. The van der Waals surface area contributed by atoms with Crippen LogP contribution in [-0.2, 0) is 4.79 Å². The molecule has 0 radical (unpaired) electrons. The molecule has 54 valence electrons. The van der Waals surface area contributed by atoms with Crippen molar-refractivity contribution in [1.82, 2.24) is 0 Å². The molecule has 0 N–H and O–H groups in total. The zero-order chi connectivity index (χ0) is 7.40. The molecule has 0 aromatic heterocycles. The van der Waals surface area contributed by atoms with Crippen molar-refractivity contribution in [3.8, 4) is 0 Å². The molecule has 1 rings (SSSR count). The van der Waals surface area contributed by atoms with E-state index in [4.69, 9.17) is 0 Å². The molecule has 1 heteroatoms. The van der Waals surface area contributed by atoms with Crippen LogP contribution in [0.15, 0.2) is 23.8 Å². The van der Waals surface area contributed by atoms with Crippen molar-refractivity contribution in [2.24, 2.45) is 0 Å². The van der Waals surface area contributed by atoms with Crippen LogP contribution >= 0.6 is 0 Å². The Morgan fingerprint density at radius 1 is 1.70 bits per heavy atom. The highest BCUT2D eigenvalue weighted by molar-refractivity contribution is 6.04. The first kappa shape index (κ1) is 7.26. The second kappa shape index (κ2) is 3.35. The van der Waals surface area contributed by atoms with Gasteiger partial charge in [0, 0.05) is 0 Å². The summed E-state index contributed by atoms with van der Waals surface area (Å²) < 4.78 is 0. The Bertz CT molecular complexity index is 187. The van der Waals surface area contributed by atoms with Crippen molar-refractivity contribution in [1.29, 1.82) is 0 Å². The van der Waals surface area contributed by atoms with Gasteiger partial charge in [-0.25, -0.2) is 0 Å². The van der Waals surface area contributed by atoms with Crippen molar-refractivity contribution in [3.63, 3.8) is 0 Å². The van der Waals surface area contributed by atoms with E-state index in [2.05, 4.69) is 0 Å². The maximum absolute atomic E-state index is 11.1. The van der Waals surface area contributed by atoms with Gasteiger partial charge in [0.25, 0.3) is 0 Å². The minimum absolute atomic E-state index is 0.194. The molecular weight excluding hydrogens is 124 g/mol. The molecule has 1 aliphatic rings. The van der Waals surface area contributed by atoms with Crippen molar-refractivity contribution < 1.29 is 4.79 Å². The van der Waals surface area contributed by atoms with Gasteiger partial charge in [-0.3, -0.25) is 4.79 Å². The fourth-order valence-corrected chi connectivity index (χ4v) is 1.15. The van der Waals surface area contributed by atoms with Crippen LogP contribution in [0.25, 0.3) is 0 Å². The lowest BCUT2D eigenvalue weighted by atomic mass is 10.1. The Morgan fingerprint density at radius 2 is 2.50 bits per heavy atom. The van der Waals surface area contributed by atoms with E-state index in [0.29, 0.717) is 0 Å². The standard InChI is InChI=1S/C9H12O/c1-2-5-9(10)8-6-3-4-7-8/h2,5-6H,3-4,7H2,1H3/b5-2-. The second-order valence-electron chi connectivity index (χ2n) is 2.49. The van der Waals surface area contributed by atoms with E-state index >= 15 is 0 Å². The van der Waals surface area contributed by atoms with Crippen LogP contribution in [0, 0.1) is 0 Å². The first-order chi connectivity index (χ1) is 4.84.